The quantitative estimate of drug-likeness (QED) is 0.646. The third kappa shape index (κ3) is 3.15. The molecule has 0 saturated carbocycles. The molecule has 0 unspecified atom stereocenters. The molecule has 6 heteroatoms. The molecule has 1 aromatic heterocycles. The Labute approximate surface area is 64.4 Å². The smallest absolute Gasteiger partial charge is 0.266 e. The summed E-state index contributed by atoms with van der Waals surface area (Å²) in [6.45, 7) is 0.235. The van der Waals surface area contributed by atoms with Gasteiger partial charge in [-0.2, -0.15) is 8.42 Å². The summed E-state index contributed by atoms with van der Waals surface area (Å²) in [4.78, 5) is 3.71. The molecule has 0 aliphatic rings. The van der Waals surface area contributed by atoms with E-state index in [9.17, 15) is 8.42 Å². The van der Waals surface area contributed by atoms with Gasteiger partial charge in [-0.05, 0) is 0 Å². The number of nitrogens with zero attached hydrogens (tertiary/aromatic N) is 2. The van der Waals surface area contributed by atoms with Crippen molar-refractivity contribution < 1.29 is 13.0 Å². The third-order valence-electron chi connectivity index (χ3n) is 1.17. The predicted molar refractivity (Wildman–Crippen MR) is 38.6 cm³/mol. The molecule has 0 saturated heterocycles. The molecule has 0 aliphatic heterocycles. The van der Waals surface area contributed by atoms with Crippen LogP contribution in [0.4, 0.5) is 0 Å². The standard InChI is InChI=1S/C5H8N2O3S/c8-11(9,10)4-3-7-2-1-6-5-7/h1-2,5H,3-4H2,(H,8,9,10). The molecule has 0 amide bonds. The number of hydrogen-bond donors (Lipinski definition) is 1. The van der Waals surface area contributed by atoms with Gasteiger partial charge in [0.2, 0.25) is 0 Å². The summed E-state index contributed by atoms with van der Waals surface area (Å²) < 4.78 is 30.4. The first kappa shape index (κ1) is 8.22. The van der Waals surface area contributed by atoms with Crippen molar-refractivity contribution in [3.8, 4) is 0 Å². The Balaban J connectivity index is 2.48. The summed E-state index contributed by atoms with van der Waals surface area (Å²) in [6.07, 6.45) is 4.67. The second-order valence-electron chi connectivity index (χ2n) is 2.09. The summed E-state index contributed by atoms with van der Waals surface area (Å²) in [7, 11) is -3.85. The largest absolute Gasteiger partial charge is 0.336 e. The van der Waals surface area contributed by atoms with Gasteiger partial charge in [-0.3, -0.25) is 4.55 Å². The maximum absolute atomic E-state index is 10.2. The van der Waals surface area contributed by atoms with Crippen molar-refractivity contribution in [2.24, 2.45) is 0 Å². The Morgan fingerprint density at radius 3 is 2.73 bits per heavy atom. The number of hydrogen-bond acceptors (Lipinski definition) is 3. The SMILES string of the molecule is O=S(=O)(O)CCn1ccnc1. The van der Waals surface area contributed by atoms with Gasteiger partial charge in [0.05, 0.1) is 12.1 Å². The lowest BCUT2D eigenvalue weighted by atomic mass is 10.7. The summed E-state index contributed by atoms with van der Waals surface area (Å²) in [5, 5.41) is 0. The summed E-state index contributed by atoms with van der Waals surface area (Å²) in [5.74, 6) is -0.274. The lowest BCUT2D eigenvalue weighted by Gasteiger charge is -1.97. The van der Waals surface area contributed by atoms with E-state index in [2.05, 4.69) is 4.98 Å². The maximum atomic E-state index is 10.2. The molecular weight excluding hydrogens is 168 g/mol. The van der Waals surface area contributed by atoms with Gasteiger partial charge in [-0.15, -0.1) is 0 Å². The first-order valence-corrected chi connectivity index (χ1v) is 4.60. The molecule has 62 valence electrons. The molecule has 0 spiro atoms. The molecule has 0 fully saturated rings. The van der Waals surface area contributed by atoms with Crippen LogP contribution in [0.25, 0.3) is 0 Å². The fourth-order valence-electron chi connectivity index (χ4n) is 0.640. The van der Waals surface area contributed by atoms with E-state index in [-0.39, 0.29) is 12.3 Å². The minimum atomic E-state index is -3.85. The lowest BCUT2D eigenvalue weighted by molar-refractivity contribution is 0.478. The summed E-state index contributed by atoms with van der Waals surface area (Å²) >= 11 is 0. The van der Waals surface area contributed by atoms with Gasteiger partial charge in [0.15, 0.2) is 0 Å². The molecule has 5 nitrogen and oxygen atoms in total. The van der Waals surface area contributed by atoms with Crippen LogP contribution in [0.1, 0.15) is 0 Å². The first-order chi connectivity index (χ1) is 5.08. The molecule has 0 aromatic carbocycles. The van der Waals surface area contributed by atoms with Crippen LogP contribution in [0.5, 0.6) is 0 Å². The van der Waals surface area contributed by atoms with Crippen LogP contribution in [-0.4, -0.2) is 28.3 Å². The zero-order valence-corrected chi connectivity index (χ0v) is 6.53. The van der Waals surface area contributed by atoms with E-state index in [0.717, 1.165) is 0 Å². The van der Waals surface area contributed by atoms with Crippen molar-refractivity contribution in [1.82, 2.24) is 9.55 Å². The molecule has 11 heavy (non-hydrogen) atoms. The van der Waals surface area contributed by atoms with E-state index >= 15 is 0 Å². The zero-order valence-electron chi connectivity index (χ0n) is 5.71. The molecule has 1 heterocycles. The monoisotopic (exact) mass is 176 g/mol. The van der Waals surface area contributed by atoms with Crippen LogP contribution < -0.4 is 0 Å². The Morgan fingerprint density at radius 2 is 2.27 bits per heavy atom. The van der Waals surface area contributed by atoms with Gasteiger partial charge >= 0.3 is 0 Å². The fraction of sp³-hybridized carbons (Fsp3) is 0.400. The van der Waals surface area contributed by atoms with Crippen molar-refractivity contribution in [2.75, 3.05) is 5.75 Å². The predicted octanol–water partition coefficient (Wildman–Crippen LogP) is -0.229. The first-order valence-electron chi connectivity index (χ1n) is 2.99. The van der Waals surface area contributed by atoms with Crippen LogP contribution >= 0.6 is 0 Å². The number of aryl methyl sites for hydroxylation is 1. The van der Waals surface area contributed by atoms with Gasteiger partial charge in [-0.1, -0.05) is 0 Å². The van der Waals surface area contributed by atoms with Crippen molar-refractivity contribution in [1.29, 1.82) is 0 Å². The topological polar surface area (TPSA) is 72.2 Å². The number of rotatable bonds is 3. The van der Waals surface area contributed by atoms with E-state index in [1.807, 2.05) is 0 Å². The van der Waals surface area contributed by atoms with E-state index in [0.29, 0.717) is 0 Å². The van der Waals surface area contributed by atoms with Crippen LogP contribution in [-0.2, 0) is 16.7 Å². The van der Waals surface area contributed by atoms with E-state index < -0.39 is 10.1 Å². The van der Waals surface area contributed by atoms with Crippen LogP contribution in [0.2, 0.25) is 0 Å². The Hall–Kier alpha value is -0.880. The molecule has 1 N–H and O–H groups in total. The van der Waals surface area contributed by atoms with Crippen LogP contribution in [0.3, 0.4) is 0 Å². The van der Waals surface area contributed by atoms with E-state index in [4.69, 9.17) is 4.55 Å². The molecule has 0 bridgehead atoms. The maximum Gasteiger partial charge on any atom is 0.266 e. The minimum Gasteiger partial charge on any atom is -0.336 e. The Bertz CT molecular complexity index is 302. The van der Waals surface area contributed by atoms with Crippen molar-refractivity contribution in [2.45, 2.75) is 6.54 Å². The molecule has 0 radical (unpaired) electrons. The average molecular weight is 176 g/mol. The van der Waals surface area contributed by atoms with Crippen molar-refractivity contribution >= 4 is 10.1 Å². The zero-order chi connectivity index (χ0) is 8.32. The number of aromatic nitrogens is 2. The highest BCUT2D eigenvalue weighted by Crippen LogP contribution is 1.89. The molecule has 0 aliphatic carbocycles. The van der Waals surface area contributed by atoms with Gasteiger partial charge in [0.25, 0.3) is 10.1 Å². The molecule has 1 aromatic rings. The highest BCUT2D eigenvalue weighted by atomic mass is 32.2. The Morgan fingerprint density at radius 1 is 1.55 bits per heavy atom. The number of imidazole rings is 1. The van der Waals surface area contributed by atoms with Crippen LogP contribution in [0, 0.1) is 0 Å². The van der Waals surface area contributed by atoms with Crippen molar-refractivity contribution in [3.05, 3.63) is 18.7 Å². The normalized spacial score (nSPS) is 11.7. The third-order valence-corrected chi connectivity index (χ3v) is 1.87. The van der Waals surface area contributed by atoms with Crippen molar-refractivity contribution in [3.63, 3.8) is 0 Å². The molecular formula is C5H8N2O3S. The van der Waals surface area contributed by atoms with Gasteiger partial charge < -0.3 is 4.57 Å². The van der Waals surface area contributed by atoms with Gasteiger partial charge in [0.1, 0.15) is 0 Å². The van der Waals surface area contributed by atoms with E-state index in [1.165, 1.54) is 6.33 Å². The average Bonchev–Trinajstić information content (AvgIpc) is 2.32. The van der Waals surface area contributed by atoms with Gasteiger partial charge in [0, 0.05) is 18.9 Å². The Kier molecular flexibility index (Phi) is 2.25. The second kappa shape index (κ2) is 3.02. The minimum absolute atomic E-state index is 0.235. The van der Waals surface area contributed by atoms with E-state index in [1.54, 1.807) is 17.0 Å². The molecule has 0 atom stereocenters. The summed E-state index contributed by atoms with van der Waals surface area (Å²) in [5.41, 5.74) is 0. The second-order valence-corrected chi connectivity index (χ2v) is 3.66. The molecule has 1 rings (SSSR count). The lowest BCUT2D eigenvalue weighted by Crippen LogP contribution is -2.10. The highest BCUT2D eigenvalue weighted by Gasteiger charge is 2.03. The van der Waals surface area contributed by atoms with Crippen LogP contribution in [0.15, 0.2) is 18.7 Å². The highest BCUT2D eigenvalue weighted by molar-refractivity contribution is 7.85. The fourth-order valence-corrected chi connectivity index (χ4v) is 1.08. The summed E-state index contributed by atoms with van der Waals surface area (Å²) in [6, 6.07) is 0. The van der Waals surface area contributed by atoms with Gasteiger partial charge in [-0.25, -0.2) is 4.98 Å².